The van der Waals surface area contributed by atoms with Crippen LogP contribution in [0.15, 0.2) is 90.5 Å². The van der Waals surface area contributed by atoms with E-state index in [1.165, 1.54) is 34.3 Å². The fourth-order valence-electron chi connectivity index (χ4n) is 7.56. The van der Waals surface area contributed by atoms with Gasteiger partial charge in [0.2, 0.25) is 11.4 Å². The minimum atomic E-state index is -1.68. The van der Waals surface area contributed by atoms with Crippen LogP contribution in [-0.2, 0) is 32.3 Å². The number of hydrogen-bond donors (Lipinski definition) is 2. The number of carboxylic acids is 1. The van der Waals surface area contributed by atoms with E-state index in [-0.39, 0.29) is 43.7 Å². The highest BCUT2D eigenvalue weighted by atomic mass is 19.1. The first-order chi connectivity index (χ1) is 27.9. The van der Waals surface area contributed by atoms with Crippen molar-refractivity contribution in [2.24, 2.45) is 5.92 Å². The van der Waals surface area contributed by atoms with Crippen molar-refractivity contribution in [2.75, 3.05) is 49.2 Å². The molecular weight excluding hydrogens is 753 g/mol. The highest BCUT2D eigenvalue weighted by molar-refractivity contribution is 5.76. The molecule has 2 aromatic heterocycles. The van der Waals surface area contributed by atoms with E-state index in [9.17, 15) is 23.5 Å². The number of halogens is 2. The van der Waals surface area contributed by atoms with Gasteiger partial charge in [-0.15, -0.1) is 0 Å². The zero-order chi connectivity index (χ0) is 41.0. The van der Waals surface area contributed by atoms with Crippen LogP contribution in [0, 0.1) is 17.6 Å². The maximum Gasteiger partial charge on any atom is 0.352 e. The predicted octanol–water partition coefficient (Wildman–Crippen LogP) is 4.75. The molecule has 0 bridgehead atoms. The summed E-state index contributed by atoms with van der Waals surface area (Å²) < 4.78 is 50.9. The van der Waals surface area contributed by atoms with E-state index in [2.05, 4.69) is 30.3 Å². The Morgan fingerprint density at radius 1 is 0.966 bits per heavy atom. The first-order valence-electron chi connectivity index (χ1n) is 19.5. The van der Waals surface area contributed by atoms with Crippen LogP contribution in [0.25, 0.3) is 5.69 Å². The number of anilines is 2. The number of carbonyl (C=O) groups is 1. The minimum absolute atomic E-state index is 0.0115. The Morgan fingerprint density at radius 2 is 1.62 bits per heavy atom. The van der Waals surface area contributed by atoms with Crippen LogP contribution in [-0.4, -0.2) is 91.7 Å². The van der Waals surface area contributed by atoms with Gasteiger partial charge in [0.15, 0.2) is 0 Å². The quantitative estimate of drug-likeness (QED) is 0.142. The lowest BCUT2D eigenvalue weighted by Crippen LogP contribution is -2.61. The summed E-state index contributed by atoms with van der Waals surface area (Å²) in [5.41, 5.74) is 0.506. The number of piperazine rings is 1. The van der Waals surface area contributed by atoms with Crippen LogP contribution in [0.3, 0.4) is 0 Å². The number of benzene rings is 3. The summed E-state index contributed by atoms with van der Waals surface area (Å²) in [4.78, 5) is 34.9. The summed E-state index contributed by atoms with van der Waals surface area (Å²) >= 11 is 0. The number of ether oxygens (including phenoxy) is 3. The molecule has 4 heterocycles. The summed E-state index contributed by atoms with van der Waals surface area (Å²) in [7, 11) is 0. The molecule has 0 spiro atoms. The van der Waals surface area contributed by atoms with Crippen LogP contribution in [0.4, 0.5) is 20.2 Å². The molecule has 2 saturated heterocycles. The summed E-state index contributed by atoms with van der Waals surface area (Å²) in [5.74, 6) is -3.54. The van der Waals surface area contributed by atoms with Crippen molar-refractivity contribution >= 4 is 17.3 Å². The first-order valence-corrected chi connectivity index (χ1v) is 19.5. The number of rotatable bonds is 16. The normalized spacial score (nSPS) is 20.0. The van der Waals surface area contributed by atoms with E-state index < -0.39 is 40.8 Å². The van der Waals surface area contributed by atoms with Gasteiger partial charge in [0.1, 0.15) is 55.6 Å². The average molecular weight is 802 g/mol. The van der Waals surface area contributed by atoms with E-state index in [1.54, 1.807) is 0 Å². The molecule has 7 rings (SSSR count). The van der Waals surface area contributed by atoms with Crippen molar-refractivity contribution in [1.82, 2.24) is 34.4 Å². The van der Waals surface area contributed by atoms with Gasteiger partial charge in [0.25, 0.3) is 0 Å². The second kappa shape index (κ2) is 17.1. The zero-order valence-corrected chi connectivity index (χ0v) is 33.0. The molecule has 2 fully saturated rings. The molecular formula is C41H49F2N9O6. The van der Waals surface area contributed by atoms with E-state index in [0.717, 1.165) is 54.4 Å². The van der Waals surface area contributed by atoms with Crippen LogP contribution < -0.4 is 25.5 Å². The third-order valence-electron chi connectivity index (χ3n) is 10.6. The Kier molecular flexibility index (Phi) is 11.9. The van der Waals surface area contributed by atoms with Crippen LogP contribution in [0.2, 0.25) is 0 Å². The Labute approximate surface area is 334 Å². The maximum absolute atomic E-state index is 14.9. The lowest BCUT2D eigenvalue weighted by molar-refractivity contribution is -0.192. The van der Waals surface area contributed by atoms with Gasteiger partial charge in [-0.2, -0.15) is 14.9 Å². The van der Waals surface area contributed by atoms with E-state index in [4.69, 9.17) is 14.2 Å². The highest BCUT2D eigenvalue weighted by Gasteiger charge is 2.47. The van der Waals surface area contributed by atoms with Crippen molar-refractivity contribution in [3.8, 4) is 11.4 Å². The monoisotopic (exact) mass is 801 g/mol. The molecule has 17 heteroatoms. The summed E-state index contributed by atoms with van der Waals surface area (Å²) in [6.07, 6.45) is 4.55. The zero-order valence-electron chi connectivity index (χ0n) is 33.0. The standard InChI is InChI=1S/C41H49F2N9O6/c1-5-29(4)47-40(38(53)54,21-28(2)3)52-39(55)51(27-46-52)33-9-7-31(8-10-33)48-16-18-49(19-17-48)32-11-13-34(14-12-32)56-22-35-23-57-41(58-35,24-50-26-44-25-45-50)36-15-6-30(42)20-37(36)43/h6-15,20,25-29,35,47H,5,16-19,21-24H2,1-4H3,(H,53,54)/t29?,35?,40-,41?/m1/s1. The van der Waals surface area contributed by atoms with Crippen LogP contribution >= 0.6 is 0 Å². The molecule has 58 heavy (non-hydrogen) atoms. The largest absolute Gasteiger partial charge is 0.491 e. The SMILES string of the molecule is CCC(C)N[C@@](CC(C)C)(C(=O)O)n1ncn(-c2ccc(N3CCN(c4ccc(OCC5COC(Cn6cncn6)(c6ccc(F)cc6F)O5)cc4)CC3)cc2)c1=O. The molecule has 0 aliphatic carbocycles. The second-order valence-electron chi connectivity index (χ2n) is 15.2. The first kappa shape index (κ1) is 40.5. The lowest BCUT2D eigenvalue weighted by Gasteiger charge is -2.37. The molecule has 0 amide bonds. The van der Waals surface area contributed by atoms with Gasteiger partial charge in [0.05, 0.1) is 12.3 Å². The fourth-order valence-corrected chi connectivity index (χ4v) is 7.56. The van der Waals surface area contributed by atoms with E-state index >= 15 is 0 Å². The van der Waals surface area contributed by atoms with Crippen LogP contribution in [0.1, 0.15) is 46.1 Å². The van der Waals surface area contributed by atoms with Crippen molar-refractivity contribution in [2.45, 2.75) is 70.7 Å². The second-order valence-corrected chi connectivity index (χ2v) is 15.2. The molecule has 0 radical (unpaired) electrons. The Balaban J connectivity index is 0.941. The Bertz CT molecular complexity index is 2210. The van der Waals surface area contributed by atoms with Crippen LogP contribution in [0.5, 0.6) is 5.75 Å². The maximum atomic E-state index is 14.9. The highest BCUT2D eigenvalue weighted by Crippen LogP contribution is 2.38. The van der Waals surface area contributed by atoms with Gasteiger partial charge in [-0.25, -0.2) is 32.6 Å². The molecule has 308 valence electrons. The molecule has 5 aromatic rings. The molecule has 15 nitrogen and oxygen atoms in total. The molecule has 4 atom stereocenters. The smallest absolute Gasteiger partial charge is 0.352 e. The van der Waals surface area contributed by atoms with E-state index in [0.29, 0.717) is 17.9 Å². The number of nitrogens with one attached hydrogen (secondary N) is 1. The topological polar surface area (TPSA) is 154 Å². The molecule has 0 saturated carbocycles. The summed E-state index contributed by atoms with van der Waals surface area (Å²) in [6.45, 7) is 11.1. The lowest BCUT2D eigenvalue weighted by atomic mass is 9.96. The minimum Gasteiger partial charge on any atom is -0.491 e. The van der Waals surface area contributed by atoms with Crippen molar-refractivity contribution < 1.29 is 32.9 Å². The molecule has 2 N–H and O–H groups in total. The van der Waals surface area contributed by atoms with Gasteiger partial charge in [-0.3, -0.25) is 5.32 Å². The number of aliphatic carboxylic acids is 1. The average Bonchev–Trinajstić information content (AvgIpc) is 3.98. The van der Waals surface area contributed by atoms with Gasteiger partial charge in [-0.05, 0) is 86.3 Å². The third kappa shape index (κ3) is 8.47. The molecule has 2 aliphatic heterocycles. The van der Waals surface area contributed by atoms with Gasteiger partial charge >= 0.3 is 11.7 Å². The van der Waals surface area contributed by atoms with Gasteiger partial charge < -0.3 is 29.1 Å². The predicted molar refractivity (Wildman–Crippen MR) is 211 cm³/mol. The molecule has 2 aliphatic rings. The Morgan fingerprint density at radius 3 is 2.21 bits per heavy atom. The van der Waals surface area contributed by atoms with Gasteiger partial charge in [0, 0.05) is 55.2 Å². The number of aromatic nitrogens is 6. The van der Waals surface area contributed by atoms with Crippen molar-refractivity contribution in [3.63, 3.8) is 0 Å². The molecule has 3 aromatic carbocycles. The van der Waals surface area contributed by atoms with E-state index in [1.807, 2.05) is 76.2 Å². The van der Waals surface area contributed by atoms with Crippen molar-refractivity contribution in [3.05, 3.63) is 113 Å². The number of nitrogens with zero attached hydrogens (tertiary/aromatic N) is 8. The summed E-state index contributed by atoms with van der Waals surface area (Å²) in [5, 5.41) is 22.0. The van der Waals surface area contributed by atoms with Gasteiger partial charge in [-0.1, -0.05) is 20.8 Å². The van der Waals surface area contributed by atoms with Crippen molar-refractivity contribution in [1.29, 1.82) is 0 Å². The summed E-state index contributed by atoms with van der Waals surface area (Å²) in [6, 6.07) is 18.6. The molecule has 3 unspecified atom stereocenters. The Hall–Kier alpha value is -5.65. The number of hydrogen-bond acceptors (Lipinski definition) is 11. The number of carboxylic acid groups (broad SMARTS) is 1. The fraction of sp³-hybridized carbons (Fsp3) is 0.439. The third-order valence-corrected chi connectivity index (χ3v) is 10.6.